The van der Waals surface area contributed by atoms with Crippen LogP contribution in [0.15, 0.2) is 0 Å². The monoisotopic (exact) mass is 992 g/mol. The zero-order chi connectivity index (χ0) is 47.7. The molecule has 0 aromatic heterocycles. The number of ether oxygens (including phenoxy) is 7. The summed E-state index contributed by atoms with van der Waals surface area (Å²) in [7, 11) is -16.9. The summed E-state index contributed by atoms with van der Waals surface area (Å²) in [4.78, 5) is 70.3. The lowest BCUT2D eigenvalue weighted by molar-refractivity contribution is -0.372. The van der Waals surface area contributed by atoms with Gasteiger partial charge in [-0.2, -0.15) is 0 Å². The van der Waals surface area contributed by atoms with Crippen LogP contribution in [0.4, 0.5) is 0 Å². The Labute approximate surface area is 352 Å². The van der Waals surface area contributed by atoms with Crippen LogP contribution < -0.4 is 11.5 Å². The number of phosphoric ester groups is 3. The first-order valence-electron chi connectivity index (χ1n) is 18.1. The molecule has 0 bridgehead atoms. The van der Waals surface area contributed by atoms with Gasteiger partial charge in [0.2, 0.25) is 0 Å². The minimum Gasteiger partial charge on any atom is -0.477 e. The van der Waals surface area contributed by atoms with Gasteiger partial charge in [0.25, 0.3) is 5.79 Å². The molecular formula is C27H51N2O31P3. The third-order valence-electron chi connectivity index (χ3n) is 10.0. The number of aliphatic carboxylic acids is 1. The topological polar surface area (TPSA) is 557 Å². The molecule has 63 heavy (non-hydrogen) atoms. The number of rotatable bonds is 19. The van der Waals surface area contributed by atoms with E-state index in [2.05, 4.69) is 9.05 Å². The van der Waals surface area contributed by atoms with Crippen LogP contribution in [0.5, 0.6) is 0 Å². The summed E-state index contributed by atoms with van der Waals surface area (Å²) in [6.07, 6.45) is -40.4. The van der Waals surface area contributed by atoms with Crippen LogP contribution in [0, 0.1) is 0 Å². The van der Waals surface area contributed by atoms with E-state index in [1.807, 2.05) is 0 Å². The molecule has 0 aromatic rings. The molecule has 0 spiro atoms. The summed E-state index contributed by atoms with van der Waals surface area (Å²) in [5.41, 5.74) is 11.5. The Bertz CT molecular complexity index is 1660. The SMILES string of the molecule is N[C@@H]1[C@@H](O)[C@H](O)[C@@H](CO[C@@H]2O[C@H](CO[C@]3(C(=O)O)C[C@@H](OP(=O)(O)O)[C@@H](OC4OC(C(CO)OP(=O)(O)O)C(O)C(O)C4O)[C@@H]([C@H](O)CO)O3)[C@@H](OP(=O)(O)O)[C@H](O)[C@H]2N)O[C@@H]1O. The molecule has 4 saturated heterocycles. The van der Waals surface area contributed by atoms with E-state index in [4.69, 9.17) is 49.1 Å². The minimum absolute atomic E-state index is 0.802. The Hall–Kier alpha value is -0.960. The highest BCUT2D eigenvalue weighted by Crippen LogP contribution is 2.47. The van der Waals surface area contributed by atoms with Gasteiger partial charge in [-0.15, -0.1) is 0 Å². The van der Waals surface area contributed by atoms with Crippen molar-refractivity contribution in [3.05, 3.63) is 0 Å². The van der Waals surface area contributed by atoms with Crippen LogP contribution in [0.2, 0.25) is 0 Å². The lowest BCUT2D eigenvalue weighted by Crippen LogP contribution is -2.68. The zero-order valence-corrected chi connectivity index (χ0v) is 34.6. The van der Waals surface area contributed by atoms with Gasteiger partial charge in [-0.3, -0.25) is 13.6 Å². The smallest absolute Gasteiger partial charge is 0.470 e. The molecule has 4 heterocycles. The second kappa shape index (κ2) is 21.6. The first kappa shape index (κ1) is 54.6. The molecule has 4 aliphatic rings. The summed E-state index contributed by atoms with van der Waals surface area (Å²) >= 11 is 0. The van der Waals surface area contributed by atoms with Gasteiger partial charge < -0.3 is 130 Å². The van der Waals surface area contributed by atoms with Crippen molar-refractivity contribution in [1.29, 1.82) is 0 Å². The van der Waals surface area contributed by atoms with Gasteiger partial charge in [0.1, 0.15) is 91.6 Å². The molecule has 6 unspecified atom stereocenters. The second-order valence-electron chi connectivity index (χ2n) is 14.5. The summed E-state index contributed by atoms with van der Waals surface area (Å²) < 4.78 is 87.5. The van der Waals surface area contributed by atoms with Gasteiger partial charge >= 0.3 is 29.4 Å². The zero-order valence-electron chi connectivity index (χ0n) is 31.9. The van der Waals surface area contributed by atoms with Crippen molar-refractivity contribution >= 4 is 29.4 Å². The Kier molecular flexibility index (Phi) is 18.7. The Morgan fingerprint density at radius 2 is 1.30 bits per heavy atom. The predicted octanol–water partition coefficient (Wildman–Crippen LogP) is -10.3. The van der Waals surface area contributed by atoms with Crippen LogP contribution >= 0.6 is 23.5 Å². The first-order chi connectivity index (χ1) is 28.9. The second-order valence-corrected chi connectivity index (χ2v) is 18.1. The average molecular weight is 993 g/mol. The molecule has 4 aliphatic heterocycles. The minimum atomic E-state index is -5.83. The standard InChI is InChI=1S/C27H51N2O31P3/c28-11-14(34)13(33)9(53-23(11)39)4-51-24-12(29)15(35)21(60-63(48,49)50)10(54-24)5-52-27(26(40)41)1-7(58-61(42,43)44)22(19(57-27)6(32)2-30)56-25-18(38)16(36)17(37)20(55-25)8(3-31)59-62(45,46)47/h6-25,30-39H,1-5,28-29H2,(H,40,41)(H2,42,43,44)(H2,45,46,47)(H2,48,49,50)/t6-,7-,8?,9-,10-,11-,12-,13-,14-,15-,16?,17?,18?,19-,20?,21-,22-,23+,24-,25?,27-/m1/s1. The molecule has 33 nitrogen and oxygen atoms in total. The van der Waals surface area contributed by atoms with Crippen molar-refractivity contribution in [2.45, 2.75) is 135 Å². The van der Waals surface area contributed by atoms with Crippen molar-refractivity contribution in [3.63, 3.8) is 0 Å². The molecule has 370 valence electrons. The fourth-order valence-corrected chi connectivity index (χ4v) is 8.57. The fourth-order valence-electron chi connectivity index (χ4n) is 6.91. The Morgan fingerprint density at radius 1 is 0.683 bits per heavy atom. The number of carboxylic acid groups (broad SMARTS) is 1. The van der Waals surface area contributed by atoms with E-state index in [-0.39, 0.29) is 0 Å². The normalized spacial score (nSPS) is 43.0. The highest BCUT2D eigenvalue weighted by Gasteiger charge is 2.60. The van der Waals surface area contributed by atoms with Gasteiger partial charge in [0.05, 0.1) is 38.5 Å². The van der Waals surface area contributed by atoms with Crippen LogP contribution in [-0.4, -0.2) is 246 Å². The number of carboxylic acids is 1. The number of hydrogen-bond acceptors (Lipinski definition) is 26. The first-order valence-corrected chi connectivity index (χ1v) is 22.7. The van der Waals surface area contributed by atoms with Gasteiger partial charge in [-0.05, 0) is 0 Å². The average Bonchev–Trinajstić information content (AvgIpc) is 3.17. The van der Waals surface area contributed by atoms with Gasteiger partial charge in [-0.1, -0.05) is 0 Å². The van der Waals surface area contributed by atoms with Crippen LogP contribution in [0.3, 0.4) is 0 Å². The molecule has 4 rings (SSSR count). The van der Waals surface area contributed by atoms with Crippen LogP contribution in [-0.2, 0) is 65.2 Å². The molecule has 0 aliphatic carbocycles. The van der Waals surface area contributed by atoms with E-state index in [0.717, 1.165) is 0 Å². The highest BCUT2D eigenvalue weighted by atomic mass is 31.2. The van der Waals surface area contributed by atoms with E-state index < -0.39 is 191 Å². The summed E-state index contributed by atoms with van der Waals surface area (Å²) in [5.74, 6) is -5.60. The van der Waals surface area contributed by atoms with E-state index >= 15 is 0 Å². The molecule has 0 saturated carbocycles. The van der Waals surface area contributed by atoms with E-state index in [1.54, 1.807) is 0 Å². The predicted molar refractivity (Wildman–Crippen MR) is 188 cm³/mol. The highest BCUT2D eigenvalue weighted by molar-refractivity contribution is 7.46. The lowest BCUT2D eigenvalue weighted by Gasteiger charge is -2.50. The molecule has 36 heteroatoms. The third kappa shape index (κ3) is 13.6. The molecule has 21 N–H and O–H groups in total. The van der Waals surface area contributed by atoms with Crippen molar-refractivity contribution in [2.75, 3.05) is 26.4 Å². The van der Waals surface area contributed by atoms with E-state index in [0.29, 0.717) is 0 Å². The maximum atomic E-state index is 13.0. The molecule has 4 fully saturated rings. The Morgan fingerprint density at radius 3 is 1.84 bits per heavy atom. The summed E-state index contributed by atoms with van der Waals surface area (Å²) in [5, 5.41) is 114. The van der Waals surface area contributed by atoms with Crippen molar-refractivity contribution in [2.24, 2.45) is 11.5 Å². The quantitative estimate of drug-likeness (QED) is 0.0534. The number of phosphoric acid groups is 3. The number of carbonyl (C=O) groups is 1. The maximum absolute atomic E-state index is 13.0. The van der Waals surface area contributed by atoms with E-state index in [9.17, 15) is 104 Å². The number of aliphatic hydroxyl groups is 10. The van der Waals surface area contributed by atoms with E-state index in [1.165, 1.54) is 0 Å². The summed E-state index contributed by atoms with van der Waals surface area (Å²) in [6.45, 7) is -4.87. The molecule has 21 atom stereocenters. The van der Waals surface area contributed by atoms with Crippen molar-refractivity contribution < 1.29 is 151 Å². The van der Waals surface area contributed by atoms with Gasteiger partial charge in [0, 0.05) is 6.42 Å². The molecule has 0 radical (unpaired) electrons. The number of nitrogens with two attached hydrogens (primary N) is 2. The fraction of sp³-hybridized carbons (Fsp3) is 0.963. The molecular weight excluding hydrogens is 941 g/mol. The third-order valence-corrected chi connectivity index (χ3v) is 11.6. The number of hydrogen-bond donors (Lipinski definition) is 19. The lowest BCUT2D eigenvalue weighted by atomic mass is 9.91. The van der Waals surface area contributed by atoms with Crippen molar-refractivity contribution in [1.82, 2.24) is 0 Å². The van der Waals surface area contributed by atoms with Crippen molar-refractivity contribution in [3.8, 4) is 0 Å². The molecule has 0 amide bonds. The van der Waals surface area contributed by atoms with Crippen LogP contribution in [0.1, 0.15) is 6.42 Å². The number of aliphatic hydroxyl groups excluding tert-OH is 10. The van der Waals surface area contributed by atoms with Gasteiger partial charge in [0.15, 0.2) is 18.9 Å². The maximum Gasteiger partial charge on any atom is 0.470 e. The summed E-state index contributed by atoms with van der Waals surface area (Å²) in [6, 6.07) is -3.26. The van der Waals surface area contributed by atoms with Gasteiger partial charge in [-0.25, -0.2) is 18.5 Å². The van der Waals surface area contributed by atoms with Crippen LogP contribution in [0.25, 0.3) is 0 Å². The largest absolute Gasteiger partial charge is 0.477 e. The Balaban J connectivity index is 1.67. The molecule has 0 aromatic carbocycles.